The molecular formula is C28H30Cl2N4O4. The minimum atomic E-state index is -0.0777. The van der Waals surface area contributed by atoms with Crippen LogP contribution in [-0.4, -0.2) is 54.2 Å². The number of methoxy groups -OCH3 is 2. The maximum absolute atomic E-state index is 12.0. The number of hydrogen-bond acceptors (Lipinski definition) is 8. The van der Waals surface area contributed by atoms with E-state index in [9.17, 15) is 4.79 Å². The van der Waals surface area contributed by atoms with Gasteiger partial charge in [0.2, 0.25) is 5.95 Å². The molecule has 1 N–H and O–H groups in total. The first kappa shape index (κ1) is 26.7. The molecule has 0 unspecified atom stereocenters. The quantitative estimate of drug-likeness (QED) is 0.307. The molecule has 0 amide bonds. The van der Waals surface area contributed by atoms with Gasteiger partial charge in [0, 0.05) is 36.2 Å². The second kappa shape index (κ2) is 11.4. The molecule has 8 nitrogen and oxygen atoms in total. The molecule has 0 radical (unpaired) electrons. The molecule has 1 aromatic carbocycles. The van der Waals surface area contributed by atoms with Gasteiger partial charge in [-0.05, 0) is 49.7 Å². The molecule has 2 fully saturated rings. The molecule has 1 aliphatic heterocycles. The van der Waals surface area contributed by atoms with E-state index in [1.54, 1.807) is 26.5 Å². The van der Waals surface area contributed by atoms with Crippen molar-refractivity contribution in [3.8, 4) is 22.8 Å². The summed E-state index contributed by atoms with van der Waals surface area (Å²) in [7, 11) is 3.09. The maximum Gasteiger partial charge on any atom is 0.223 e. The SMILES string of the molecule is C=CC(=O)C[C@H]1CCOC[C@H]1Nc1ncc2cc(-c3c(Cl)c(OC)cc(OC)c3Cl)nc(CC3CC3)c2n1. The van der Waals surface area contributed by atoms with E-state index in [2.05, 4.69) is 16.9 Å². The highest BCUT2D eigenvalue weighted by Crippen LogP contribution is 2.46. The number of halogens is 2. The van der Waals surface area contributed by atoms with Gasteiger partial charge in [0.15, 0.2) is 5.78 Å². The largest absolute Gasteiger partial charge is 0.495 e. The van der Waals surface area contributed by atoms with Crippen LogP contribution >= 0.6 is 23.2 Å². The lowest BCUT2D eigenvalue weighted by molar-refractivity contribution is -0.116. The Labute approximate surface area is 231 Å². The molecule has 200 valence electrons. The Morgan fingerprint density at radius 3 is 2.55 bits per heavy atom. The predicted octanol–water partition coefficient (Wildman–Crippen LogP) is 5.93. The van der Waals surface area contributed by atoms with Crippen molar-refractivity contribution in [2.75, 3.05) is 32.8 Å². The van der Waals surface area contributed by atoms with E-state index < -0.39 is 0 Å². The second-order valence-corrected chi connectivity index (χ2v) is 10.5. The lowest BCUT2D eigenvalue weighted by atomic mass is 9.90. The highest BCUT2D eigenvalue weighted by atomic mass is 35.5. The number of ketones is 1. The van der Waals surface area contributed by atoms with E-state index in [1.807, 2.05) is 6.07 Å². The number of pyridine rings is 1. The minimum Gasteiger partial charge on any atom is -0.495 e. The number of rotatable bonds is 10. The van der Waals surface area contributed by atoms with Crippen LogP contribution in [0.25, 0.3) is 22.2 Å². The topological polar surface area (TPSA) is 95.5 Å². The summed E-state index contributed by atoms with van der Waals surface area (Å²) in [5.74, 6) is 2.09. The molecule has 3 heterocycles. The van der Waals surface area contributed by atoms with Gasteiger partial charge >= 0.3 is 0 Å². The van der Waals surface area contributed by atoms with Gasteiger partial charge in [0.05, 0.1) is 53.8 Å². The lowest BCUT2D eigenvalue weighted by Crippen LogP contribution is -2.40. The summed E-state index contributed by atoms with van der Waals surface area (Å²) in [5, 5.41) is 4.95. The smallest absolute Gasteiger partial charge is 0.223 e. The van der Waals surface area contributed by atoms with Crippen molar-refractivity contribution < 1.29 is 19.0 Å². The highest BCUT2D eigenvalue weighted by molar-refractivity contribution is 6.41. The average Bonchev–Trinajstić information content (AvgIpc) is 3.74. The molecule has 2 aromatic heterocycles. The lowest BCUT2D eigenvalue weighted by Gasteiger charge is -2.31. The van der Waals surface area contributed by atoms with E-state index in [0.29, 0.717) is 64.3 Å². The van der Waals surface area contributed by atoms with Crippen LogP contribution < -0.4 is 14.8 Å². The van der Waals surface area contributed by atoms with Crippen molar-refractivity contribution in [1.29, 1.82) is 0 Å². The van der Waals surface area contributed by atoms with Crippen LogP contribution in [0.5, 0.6) is 11.5 Å². The number of fused-ring (bicyclic) bond motifs is 1. The molecule has 1 saturated heterocycles. The van der Waals surface area contributed by atoms with Crippen molar-refractivity contribution in [3.63, 3.8) is 0 Å². The van der Waals surface area contributed by atoms with Gasteiger partial charge in [-0.1, -0.05) is 29.8 Å². The van der Waals surface area contributed by atoms with E-state index in [0.717, 1.165) is 42.3 Å². The van der Waals surface area contributed by atoms with E-state index in [1.165, 1.54) is 6.08 Å². The summed E-state index contributed by atoms with van der Waals surface area (Å²) in [6.07, 6.45) is 7.48. The van der Waals surface area contributed by atoms with Crippen LogP contribution in [-0.2, 0) is 16.0 Å². The molecule has 1 saturated carbocycles. The highest BCUT2D eigenvalue weighted by Gasteiger charge is 2.29. The Morgan fingerprint density at radius 2 is 1.89 bits per heavy atom. The van der Waals surface area contributed by atoms with Crippen molar-refractivity contribution in [1.82, 2.24) is 15.0 Å². The number of carbonyl (C=O) groups excluding carboxylic acids is 1. The van der Waals surface area contributed by atoms with Crippen LogP contribution in [0.4, 0.5) is 5.95 Å². The Morgan fingerprint density at radius 1 is 1.16 bits per heavy atom. The number of carbonyl (C=O) groups is 1. The van der Waals surface area contributed by atoms with Crippen molar-refractivity contribution in [3.05, 3.63) is 46.7 Å². The normalized spacial score (nSPS) is 19.3. The number of ether oxygens (including phenoxy) is 3. The van der Waals surface area contributed by atoms with Gasteiger partial charge in [-0.25, -0.2) is 9.97 Å². The molecule has 2 atom stereocenters. The Balaban J connectivity index is 1.54. The first-order valence-corrected chi connectivity index (χ1v) is 13.4. The number of nitrogens with one attached hydrogen (secondary N) is 1. The van der Waals surface area contributed by atoms with Crippen molar-refractivity contribution in [2.24, 2.45) is 11.8 Å². The first-order valence-electron chi connectivity index (χ1n) is 12.7. The van der Waals surface area contributed by atoms with Crippen LogP contribution in [0, 0.1) is 11.8 Å². The number of nitrogens with zero attached hydrogens (tertiary/aromatic N) is 3. The van der Waals surface area contributed by atoms with Crippen molar-refractivity contribution in [2.45, 2.75) is 38.1 Å². The molecule has 10 heteroatoms. The molecule has 0 bridgehead atoms. The summed E-state index contributed by atoms with van der Waals surface area (Å²) in [6, 6.07) is 3.47. The molecule has 38 heavy (non-hydrogen) atoms. The molecule has 2 aliphatic rings. The van der Waals surface area contributed by atoms with Gasteiger partial charge in [-0.15, -0.1) is 0 Å². The van der Waals surface area contributed by atoms with Gasteiger partial charge in [0.1, 0.15) is 11.5 Å². The third-order valence-electron chi connectivity index (χ3n) is 7.15. The first-order chi connectivity index (χ1) is 18.4. The van der Waals surface area contributed by atoms with Crippen LogP contribution in [0.15, 0.2) is 31.0 Å². The Kier molecular flexibility index (Phi) is 8.02. The molecule has 5 rings (SSSR count). The third-order valence-corrected chi connectivity index (χ3v) is 7.90. The van der Waals surface area contributed by atoms with Crippen LogP contribution in [0.3, 0.4) is 0 Å². The van der Waals surface area contributed by atoms with Crippen molar-refractivity contribution >= 4 is 45.8 Å². The number of hydrogen-bond donors (Lipinski definition) is 1. The summed E-state index contributed by atoms with van der Waals surface area (Å²) in [4.78, 5) is 26.5. The van der Waals surface area contributed by atoms with Gasteiger partial charge < -0.3 is 19.5 Å². The van der Waals surface area contributed by atoms with E-state index >= 15 is 0 Å². The molecular weight excluding hydrogens is 527 g/mol. The fourth-order valence-electron chi connectivity index (χ4n) is 4.85. The van der Waals surface area contributed by atoms with Gasteiger partial charge in [-0.3, -0.25) is 9.78 Å². The Hall–Kier alpha value is -2.94. The van der Waals surface area contributed by atoms with E-state index in [-0.39, 0.29) is 17.7 Å². The summed E-state index contributed by atoms with van der Waals surface area (Å²) in [5.41, 5.74) is 2.78. The number of anilines is 1. The van der Waals surface area contributed by atoms with Gasteiger partial charge in [0.25, 0.3) is 0 Å². The molecule has 0 spiro atoms. The fraction of sp³-hybridized carbons (Fsp3) is 0.429. The predicted molar refractivity (Wildman–Crippen MR) is 148 cm³/mol. The van der Waals surface area contributed by atoms with Crippen LogP contribution in [0.1, 0.15) is 31.4 Å². The third kappa shape index (κ3) is 5.58. The monoisotopic (exact) mass is 556 g/mol. The number of aromatic nitrogens is 3. The standard InChI is InChI=1S/C28H30Cl2N4O4/c1-4-18(35)10-16-7-8-38-14-21(16)33-28-31-13-17-11-19(32-20(27(17)34-28)9-15-5-6-15)24-25(29)22(36-2)12-23(37-3)26(24)30/h4,11-13,15-16,21H,1,5-10,14H2,2-3H3,(H,31,33,34)/t16-,21-/m1/s1. The van der Waals surface area contributed by atoms with Gasteiger partial charge in [-0.2, -0.15) is 0 Å². The molecule has 1 aliphatic carbocycles. The molecule has 3 aromatic rings. The second-order valence-electron chi connectivity index (χ2n) is 9.77. The summed E-state index contributed by atoms with van der Waals surface area (Å²) in [6.45, 7) is 4.72. The zero-order chi connectivity index (χ0) is 26.8. The Bertz CT molecular complexity index is 1350. The average molecular weight is 557 g/mol. The van der Waals surface area contributed by atoms with E-state index in [4.69, 9.17) is 47.4 Å². The summed E-state index contributed by atoms with van der Waals surface area (Å²) >= 11 is 13.4. The summed E-state index contributed by atoms with van der Waals surface area (Å²) < 4.78 is 16.6. The van der Waals surface area contributed by atoms with Crippen LogP contribution in [0.2, 0.25) is 10.0 Å². The number of benzene rings is 1. The zero-order valence-electron chi connectivity index (χ0n) is 21.4. The maximum atomic E-state index is 12.0. The number of allylic oxidation sites excluding steroid dienone is 1. The fourth-order valence-corrected chi connectivity index (χ4v) is 5.54. The minimum absolute atomic E-state index is 0.0260. The zero-order valence-corrected chi connectivity index (χ0v) is 22.9.